The van der Waals surface area contributed by atoms with Gasteiger partial charge >= 0.3 is 0 Å². The first-order valence-corrected chi connectivity index (χ1v) is 5.76. The van der Waals surface area contributed by atoms with Crippen LogP contribution in [-0.4, -0.2) is 18.0 Å². The van der Waals surface area contributed by atoms with E-state index in [-0.39, 0.29) is 11.0 Å². The predicted octanol–water partition coefficient (Wildman–Crippen LogP) is 3.78. The molecule has 0 saturated heterocycles. The van der Waals surface area contributed by atoms with Crippen LogP contribution < -0.4 is 0 Å². The Morgan fingerprint density at radius 3 is 2.15 bits per heavy atom. The number of hydrogen-bond donors (Lipinski definition) is 0. The summed E-state index contributed by atoms with van der Waals surface area (Å²) in [5.74, 6) is 0. The van der Waals surface area contributed by atoms with Crippen LogP contribution in [0.25, 0.3) is 0 Å². The smallest absolute Gasteiger partial charge is 0.0623 e. The van der Waals surface area contributed by atoms with Gasteiger partial charge in [0, 0.05) is 12.4 Å². The molecule has 0 N–H and O–H groups in total. The monoisotopic (exact) mass is 248 g/mol. The first kappa shape index (κ1) is 13.2. The maximum atomic E-state index is 5.37. The summed E-state index contributed by atoms with van der Waals surface area (Å²) < 4.78 is 5.37. The van der Waals surface area contributed by atoms with E-state index in [1.54, 1.807) is 7.11 Å². The van der Waals surface area contributed by atoms with Gasteiger partial charge in [0.15, 0.2) is 0 Å². The minimum absolute atomic E-state index is 0.0214. The Bertz CT molecular complexity index is 165. The SMILES string of the molecule is C=CC(C)(CBr)CCC(C)(C)OC. The molecule has 0 spiro atoms. The number of allylic oxidation sites excluding steroid dienone is 1. The molecule has 1 atom stereocenters. The van der Waals surface area contributed by atoms with Gasteiger partial charge in [0.25, 0.3) is 0 Å². The lowest BCUT2D eigenvalue weighted by Crippen LogP contribution is -2.26. The summed E-state index contributed by atoms with van der Waals surface area (Å²) in [5.41, 5.74) is 0.169. The van der Waals surface area contributed by atoms with Crippen molar-refractivity contribution < 1.29 is 4.74 Å². The lowest BCUT2D eigenvalue weighted by molar-refractivity contribution is 0.00874. The Balaban J connectivity index is 4.06. The molecule has 0 rings (SSSR count). The molecule has 0 fully saturated rings. The third-order valence-corrected chi connectivity index (χ3v) is 3.93. The van der Waals surface area contributed by atoms with Gasteiger partial charge in [0.1, 0.15) is 0 Å². The highest BCUT2D eigenvalue weighted by atomic mass is 79.9. The Labute approximate surface area is 90.7 Å². The minimum Gasteiger partial charge on any atom is -0.379 e. The molecule has 0 aromatic heterocycles. The molecule has 0 aromatic rings. The van der Waals surface area contributed by atoms with Crippen molar-refractivity contribution in [3.63, 3.8) is 0 Å². The lowest BCUT2D eigenvalue weighted by atomic mass is 9.84. The highest BCUT2D eigenvalue weighted by Crippen LogP contribution is 2.30. The van der Waals surface area contributed by atoms with Crippen LogP contribution in [0.15, 0.2) is 12.7 Å². The molecule has 0 aromatic carbocycles. The van der Waals surface area contributed by atoms with E-state index in [0.29, 0.717) is 0 Å². The van der Waals surface area contributed by atoms with E-state index in [1.165, 1.54) is 0 Å². The average Bonchev–Trinajstić information content (AvgIpc) is 2.14. The number of ether oxygens (including phenoxy) is 1. The number of halogens is 1. The Hall–Kier alpha value is 0.180. The Kier molecular flexibility index (Phi) is 5.23. The summed E-state index contributed by atoms with van der Waals surface area (Å²) in [6, 6.07) is 0. The average molecular weight is 249 g/mol. The van der Waals surface area contributed by atoms with Crippen LogP contribution in [0.3, 0.4) is 0 Å². The normalized spacial score (nSPS) is 16.7. The molecular formula is C11H21BrO. The van der Waals surface area contributed by atoms with E-state index in [9.17, 15) is 0 Å². The Morgan fingerprint density at radius 1 is 1.31 bits per heavy atom. The molecule has 13 heavy (non-hydrogen) atoms. The first-order valence-electron chi connectivity index (χ1n) is 4.64. The van der Waals surface area contributed by atoms with E-state index in [0.717, 1.165) is 18.2 Å². The molecule has 0 radical (unpaired) electrons. The van der Waals surface area contributed by atoms with Crippen LogP contribution in [0.1, 0.15) is 33.6 Å². The molecule has 0 heterocycles. The van der Waals surface area contributed by atoms with Crippen molar-refractivity contribution in [2.75, 3.05) is 12.4 Å². The molecule has 2 heteroatoms. The van der Waals surface area contributed by atoms with Gasteiger partial charge in [0.2, 0.25) is 0 Å². The van der Waals surface area contributed by atoms with Crippen molar-refractivity contribution in [3.05, 3.63) is 12.7 Å². The highest BCUT2D eigenvalue weighted by molar-refractivity contribution is 9.09. The largest absolute Gasteiger partial charge is 0.379 e. The van der Waals surface area contributed by atoms with Crippen molar-refractivity contribution in [1.82, 2.24) is 0 Å². The maximum Gasteiger partial charge on any atom is 0.0623 e. The second kappa shape index (κ2) is 5.16. The zero-order valence-electron chi connectivity index (χ0n) is 9.19. The quantitative estimate of drug-likeness (QED) is 0.514. The standard InChI is InChI=1S/C11H21BrO/c1-6-11(4,9-12)8-7-10(2,3)13-5/h6H,1,7-9H2,2-5H3. The van der Waals surface area contributed by atoms with Gasteiger partial charge in [-0.15, -0.1) is 6.58 Å². The van der Waals surface area contributed by atoms with E-state index in [2.05, 4.69) is 43.3 Å². The van der Waals surface area contributed by atoms with Gasteiger partial charge in [-0.25, -0.2) is 0 Å². The molecule has 0 aliphatic rings. The van der Waals surface area contributed by atoms with Crippen LogP contribution in [0.2, 0.25) is 0 Å². The summed E-state index contributed by atoms with van der Waals surface area (Å²) in [6.45, 7) is 10.3. The van der Waals surface area contributed by atoms with Gasteiger partial charge in [-0.1, -0.05) is 28.9 Å². The molecule has 0 amide bonds. The number of rotatable bonds is 6. The fraction of sp³-hybridized carbons (Fsp3) is 0.818. The van der Waals surface area contributed by atoms with Crippen LogP contribution in [0, 0.1) is 5.41 Å². The first-order chi connectivity index (χ1) is 5.89. The Morgan fingerprint density at radius 2 is 1.85 bits per heavy atom. The molecule has 0 bridgehead atoms. The van der Waals surface area contributed by atoms with E-state index >= 15 is 0 Å². The summed E-state index contributed by atoms with van der Waals surface area (Å²) in [6.07, 6.45) is 4.17. The second-order valence-electron chi connectivity index (χ2n) is 4.46. The third-order valence-electron chi connectivity index (χ3n) is 2.65. The zero-order valence-corrected chi connectivity index (χ0v) is 10.8. The number of hydrogen-bond acceptors (Lipinski definition) is 1. The third kappa shape index (κ3) is 4.82. The molecule has 78 valence electrons. The predicted molar refractivity (Wildman–Crippen MR) is 62.4 cm³/mol. The van der Waals surface area contributed by atoms with Gasteiger partial charge in [-0.3, -0.25) is 0 Å². The van der Waals surface area contributed by atoms with Crippen LogP contribution in [0.5, 0.6) is 0 Å². The van der Waals surface area contributed by atoms with Gasteiger partial charge in [-0.05, 0) is 32.1 Å². The summed E-state index contributed by atoms with van der Waals surface area (Å²) >= 11 is 3.51. The van der Waals surface area contributed by atoms with E-state index in [1.807, 2.05) is 6.08 Å². The van der Waals surface area contributed by atoms with Gasteiger partial charge in [0.05, 0.1) is 5.60 Å². The van der Waals surface area contributed by atoms with E-state index in [4.69, 9.17) is 4.74 Å². The highest BCUT2D eigenvalue weighted by Gasteiger charge is 2.24. The molecule has 0 aliphatic carbocycles. The summed E-state index contributed by atoms with van der Waals surface area (Å²) in [7, 11) is 1.76. The fourth-order valence-electron chi connectivity index (χ4n) is 0.912. The van der Waals surface area contributed by atoms with Crippen molar-refractivity contribution in [2.45, 2.75) is 39.2 Å². The van der Waals surface area contributed by atoms with Crippen molar-refractivity contribution >= 4 is 15.9 Å². The summed E-state index contributed by atoms with van der Waals surface area (Å²) in [5, 5.41) is 0.962. The number of alkyl halides is 1. The summed E-state index contributed by atoms with van der Waals surface area (Å²) in [4.78, 5) is 0. The maximum absolute atomic E-state index is 5.37. The van der Waals surface area contributed by atoms with Crippen LogP contribution in [0.4, 0.5) is 0 Å². The molecule has 1 nitrogen and oxygen atoms in total. The number of methoxy groups -OCH3 is 1. The van der Waals surface area contributed by atoms with Gasteiger partial charge < -0.3 is 4.74 Å². The van der Waals surface area contributed by atoms with Crippen molar-refractivity contribution in [2.24, 2.45) is 5.41 Å². The topological polar surface area (TPSA) is 9.23 Å². The second-order valence-corrected chi connectivity index (χ2v) is 5.02. The van der Waals surface area contributed by atoms with Crippen molar-refractivity contribution in [3.8, 4) is 0 Å². The molecule has 0 saturated carbocycles. The van der Waals surface area contributed by atoms with Crippen LogP contribution in [-0.2, 0) is 4.74 Å². The van der Waals surface area contributed by atoms with Gasteiger partial charge in [-0.2, -0.15) is 0 Å². The van der Waals surface area contributed by atoms with E-state index < -0.39 is 0 Å². The van der Waals surface area contributed by atoms with Crippen molar-refractivity contribution in [1.29, 1.82) is 0 Å². The molecular weight excluding hydrogens is 228 g/mol. The zero-order chi connectivity index (χ0) is 10.5. The fourth-order valence-corrected chi connectivity index (χ4v) is 1.42. The van der Waals surface area contributed by atoms with Crippen LogP contribution >= 0.6 is 15.9 Å². The minimum atomic E-state index is -0.0214. The lowest BCUT2D eigenvalue weighted by Gasteiger charge is -2.29. The molecule has 1 unspecified atom stereocenters. The molecule has 0 aliphatic heterocycles.